The number of nitrogens with one attached hydrogen (secondary N) is 1. The van der Waals surface area contributed by atoms with E-state index in [0.717, 1.165) is 9.77 Å². The van der Waals surface area contributed by atoms with Crippen LogP contribution in [0.1, 0.15) is 10.5 Å². The molecule has 6 nitrogen and oxygen atoms in total. The third kappa shape index (κ3) is 3.45. The topological polar surface area (TPSA) is 96.4 Å². The molecular formula is C12H9IN2O4S. The number of aromatic nitrogens is 1. The molecule has 0 spiro atoms. The molecule has 2 rings (SSSR count). The molecule has 0 fully saturated rings. The van der Waals surface area contributed by atoms with Gasteiger partial charge in [0.15, 0.2) is 0 Å². The quantitative estimate of drug-likeness (QED) is 0.762. The Morgan fingerprint density at radius 3 is 2.30 bits per heavy atom. The lowest BCUT2D eigenvalue weighted by Crippen LogP contribution is -2.13. The summed E-state index contributed by atoms with van der Waals surface area (Å²) in [7, 11) is -3.70. The van der Waals surface area contributed by atoms with Crippen LogP contribution >= 0.6 is 22.6 Å². The van der Waals surface area contributed by atoms with Crippen molar-refractivity contribution >= 4 is 44.3 Å². The molecule has 1 aromatic heterocycles. The van der Waals surface area contributed by atoms with Crippen LogP contribution < -0.4 is 4.72 Å². The normalized spacial score (nSPS) is 11.1. The Morgan fingerprint density at radius 1 is 1.15 bits per heavy atom. The standard InChI is InChI=1S/C12H9IN2O4S/c13-8-1-4-10(5-2-8)20(18,19)15-9-3-6-11(12(16)17)14-7-9/h1-7,15H,(H,16,17). The van der Waals surface area contributed by atoms with Gasteiger partial charge in [0.1, 0.15) is 5.69 Å². The van der Waals surface area contributed by atoms with Crippen molar-refractivity contribution in [1.82, 2.24) is 4.98 Å². The molecular weight excluding hydrogens is 395 g/mol. The third-order valence-electron chi connectivity index (χ3n) is 2.36. The van der Waals surface area contributed by atoms with Crippen molar-refractivity contribution in [1.29, 1.82) is 0 Å². The summed E-state index contributed by atoms with van der Waals surface area (Å²) < 4.78 is 27.4. The summed E-state index contributed by atoms with van der Waals surface area (Å²) in [6.07, 6.45) is 1.16. The Hall–Kier alpha value is -1.68. The highest BCUT2D eigenvalue weighted by molar-refractivity contribution is 14.1. The molecule has 1 heterocycles. The van der Waals surface area contributed by atoms with Gasteiger partial charge in [0.05, 0.1) is 16.8 Å². The fraction of sp³-hybridized carbons (Fsp3) is 0. The van der Waals surface area contributed by atoms with Crippen LogP contribution in [-0.4, -0.2) is 24.5 Å². The average molecular weight is 404 g/mol. The molecule has 0 aliphatic heterocycles. The van der Waals surface area contributed by atoms with Gasteiger partial charge in [-0.05, 0) is 59.0 Å². The van der Waals surface area contributed by atoms with Crippen molar-refractivity contribution < 1.29 is 18.3 Å². The average Bonchev–Trinajstić information content (AvgIpc) is 2.39. The molecule has 0 bridgehead atoms. The molecule has 2 aromatic rings. The fourth-order valence-corrected chi connectivity index (χ4v) is 2.81. The number of halogens is 1. The Balaban J connectivity index is 2.24. The number of rotatable bonds is 4. The summed E-state index contributed by atoms with van der Waals surface area (Å²) in [5.41, 5.74) is 0.0516. The van der Waals surface area contributed by atoms with E-state index >= 15 is 0 Å². The predicted octanol–water partition coefficient (Wildman–Crippen LogP) is 2.19. The van der Waals surface area contributed by atoms with Crippen LogP contribution in [0, 0.1) is 3.57 Å². The first-order valence-corrected chi connectivity index (χ1v) is 7.92. The van der Waals surface area contributed by atoms with E-state index in [1.165, 1.54) is 24.3 Å². The van der Waals surface area contributed by atoms with Crippen molar-refractivity contribution in [2.24, 2.45) is 0 Å². The number of hydrogen-bond donors (Lipinski definition) is 2. The highest BCUT2D eigenvalue weighted by atomic mass is 127. The van der Waals surface area contributed by atoms with E-state index in [4.69, 9.17) is 5.11 Å². The van der Waals surface area contributed by atoms with Crippen molar-refractivity contribution in [2.75, 3.05) is 4.72 Å². The maximum atomic E-state index is 12.1. The smallest absolute Gasteiger partial charge is 0.354 e. The highest BCUT2D eigenvalue weighted by Gasteiger charge is 2.14. The molecule has 2 N–H and O–H groups in total. The summed E-state index contributed by atoms with van der Waals surface area (Å²) in [6, 6.07) is 8.92. The van der Waals surface area contributed by atoms with Crippen LogP contribution in [0.3, 0.4) is 0 Å². The van der Waals surface area contributed by atoms with Crippen molar-refractivity contribution in [3.63, 3.8) is 0 Å². The van der Waals surface area contributed by atoms with Crippen LogP contribution in [0.15, 0.2) is 47.5 Å². The SMILES string of the molecule is O=C(O)c1ccc(NS(=O)(=O)c2ccc(I)cc2)cn1. The van der Waals surface area contributed by atoms with E-state index in [-0.39, 0.29) is 16.3 Å². The molecule has 1 aromatic carbocycles. The van der Waals surface area contributed by atoms with Crippen molar-refractivity contribution in [3.05, 3.63) is 51.9 Å². The number of anilines is 1. The van der Waals surface area contributed by atoms with Crippen LogP contribution in [0.2, 0.25) is 0 Å². The minimum Gasteiger partial charge on any atom is -0.477 e. The van der Waals surface area contributed by atoms with Gasteiger partial charge in [-0.25, -0.2) is 18.2 Å². The number of nitrogens with zero attached hydrogens (tertiary/aromatic N) is 1. The Kier molecular flexibility index (Phi) is 4.23. The van der Waals surface area contributed by atoms with Crippen molar-refractivity contribution in [3.8, 4) is 0 Å². The second-order valence-corrected chi connectivity index (χ2v) is 6.72. The van der Waals surface area contributed by atoms with E-state index in [1.807, 2.05) is 0 Å². The van der Waals surface area contributed by atoms with Crippen LogP contribution in [0.4, 0.5) is 5.69 Å². The summed E-state index contributed by atoms with van der Waals surface area (Å²) in [5, 5.41) is 8.71. The predicted molar refractivity (Wildman–Crippen MR) is 81.2 cm³/mol. The summed E-state index contributed by atoms with van der Waals surface area (Å²) >= 11 is 2.08. The number of aromatic carboxylic acids is 1. The number of hydrogen-bond acceptors (Lipinski definition) is 4. The Morgan fingerprint density at radius 2 is 1.80 bits per heavy atom. The maximum Gasteiger partial charge on any atom is 0.354 e. The third-order valence-corrected chi connectivity index (χ3v) is 4.48. The zero-order chi connectivity index (χ0) is 14.8. The van der Waals surface area contributed by atoms with E-state index < -0.39 is 16.0 Å². The number of carbonyl (C=O) groups is 1. The zero-order valence-electron chi connectivity index (χ0n) is 9.95. The van der Waals surface area contributed by atoms with Crippen molar-refractivity contribution in [2.45, 2.75) is 4.90 Å². The lowest BCUT2D eigenvalue weighted by atomic mass is 10.3. The largest absolute Gasteiger partial charge is 0.477 e. The molecule has 0 radical (unpaired) electrons. The van der Waals surface area contributed by atoms with Gasteiger partial charge in [0.2, 0.25) is 0 Å². The zero-order valence-corrected chi connectivity index (χ0v) is 12.9. The lowest BCUT2D eigenvalue weighted by Gasteiger charge is -2.07. The van der Waals surface area contributed by atoms with Crippen LogP contribution in [0.25, 0.3) is 0 Å². The molecule has 0 unspecified atom stereocenters. The van der Waals surface area contributed by atoms with Gasteiger partial charge < -0.3 is 5.11 Å². The summed E-state index contributed by atoms with van der Waals surface area (Å²) in [6.45, 7) is 0. The number of carboxylic acids is 1. The molecule has 0 saturated carbocycles. The molecule has 8 heteroatoms. The van der Waals surface area contributed by atoms with Crippen LogP contribution in [-0.2, 0) is 10.0 Å². The van der Waals surface area contributed by atoms with Gasteiger partial charge >= 0.3 is 5.97 Å². The first-order chi connectivity index (χ1) is 9.38. The van der Waals surface area contributed by atoms with E-state index in [2.05, 4.69) is 32.3 Å². The molecule has 20 heavy (non-hydrogen) atoms. The molecule has 0 saturated heterocycles. The fourth-order valence-electron chi connectivity index (χ4n) is 1.41. The summed E-state index contributed by atoms with van der Waals surface area (Å²) in [5.74, 6) is -1.17. The first-order valence-electron chi connectivity index (χ1n) is 5.36. The molecule has 0 aliphatic carbocycles. The Labute approximate surface area is 129 Å². The van der Waals surface area contributed by atoms with Gasteiger partial charge in [-0.1, -0.05) is 0 Å². The van der Waals surface area contributed by atoms with E-state index in [9.17, 15) is 13.2 Å². The minimum absolute atomic E-state index is 0.125. The highest BCUT2D eigenvalue weighted by Crippen LogP contribution is 2.16. The minimum atomic E-state index is -3.70. The summed E-state index contributed by atoms with van der Waals surface area (Å²) in [4.78, 5) is 14.4. The number of benzene rings is 1. The van der Waals surface area contributed by atoms with Gasteiger partial charge in [-0.2, -0.15) is 0 Å². The van der Waals surface area contributed by atoms with E-state index in [0.29, 0.717) is 0 Å². The Bertz CT molecular complexity index is 727. The van der Waals surface area contributed by atoms with Gasteiger partial charge in [-0.3, -0.25) is 4.72 Å². The van der Waals surface area contributed by atoms with Gasteiger partial charge in [0, 0.05) is 3.57 Å². The first kappa shape index (κ1) is 14.7. The number of carboxylic acid groups (broad SMARTS) is 1. The van der Waals surface area contributed by atoms with Gasteiger partial charge in [-0.15, -0.1) is 0 Å². The maximum absolute atomic E-state index is 12.1. The number of pyridine rings is 1. The van der Waals surface area contributed by atoms with Gasteiger partial charge in [0.25, 0.3) is 10.0 Å². The van der Waals surface area contributed by atoms with E-state index in [1.54, 1.807) is 12.1 Å². The second kappa shape index (κ2) is 5.75. The molecule has 104 valence electrons. The second-order valence-electron chi connectivity index (χ2n) is 3.80. The molecule has 0 atom stereocenters. The lowest BCUT2D eigenvalue weighted by molar-refractivity contribution is 0.0690. The van der Waals surface area contributed by atoms with Crippen LogP contribution in [0.5, 0.6) is 0 Å². The molecule has 0 aliphatic rings. The monoisotopic (exact) mass is 404 g/mol. The molecule has 0 amide bonds. The number of sulfonamides is 1.